The van der Waals surface area contributed by atoms with E-state index in [1.165, 1.54) is 6.07 Å². The van der Waals surface area contributed by atoms with Crippen molar-refractivity contribution in [2.24, 2.45) is 0 Å². The van der Waals surface area contributed by atoms with Crippen LogP contribution in [0.4, 0.5) is 0 Å². The molecule has 0 fully saturated rings. The zero-order chi connectivity index (χ0) is 8.43. The number of phenolic OH excluding ortho intramolecular Hbond substituents is 1. The summed E-state index contributed by atoms with van der Waals surface area (Å²) in [4.78, 5) is 0. The molecule has 0 saturated heterocycles. The molecule has 3 nitrogen and oxygen atoms in total. The molecule has 3 N–H and O–H groups in total. The Morgan fingerprint density at radius 2 is 1.82 bits per heavy atom. The number of hydrogen-bond acceptors (Lipinski definition) is 3. The monoisotopic (exact) mass is 152 g/mol. The minimum Gasteiger partial charge on any atom is -0.508 e. The second-order valence-electron chi connectivity index (χ2n) is 2.48. The lowest BCUT2D eigenvalue weighted by Crippen LogP contribution is -2.29. The van der Waals surface area contributed by atoms with Crippen molar-refractivity contribution in [3.05, 3.63) is 23.8 Å². The van der Waals surface area contributed by atoms with Crippen molar-refractivity contribution in [3.63, 3.8) is 0 Å². The smallest absolute Gasteiger partial charge is 0.488 e. The maximum absolute atomic E-state index is 9.02. The molecule has 0 amide bonds. The molecule has 0 bridgehead atoms. The predicted molar refractivity (Wildman–Crippen MR) is 42.7 cm³/mol. The summed E-state index contributed by atoms with van der Waals surface area (Å²) in [6.45, 7) is 1.77. The van der Waals surface area contributed by atoms with Crippen molar-refractivity contribution in [1.82, 2.24) is 0 Å². The summed E-state index contributed by atoms with van der Waals surface area (Å²) in [5, 5.41) is 26.5. The van der Waals surface area contributed by atoms with Gasteiger partial charge in [-0.05, 0) is 30.1 Å². The number of aryl methyl sites for hydroxylation is 1. The highest BCUT2D eigenvalue weighted by atomic mass is 16.4. The van der Waals surface area contributed by atoms with Crippen LogP contribution in [0.15, 0.2) is 18.2 Å². The molecule has 0 unspecified atom stereocenters. The molecule has 0 aliphatic rings. The highest BCUT2D eigenvalue weighted by Crippen LogP contribution is 2.07. The van der Waals surface area contributed by atoms with E-state index < -0.39 is 7.12 Å². The molecule has 0 aliphatic heterocycles. The lowest BCUT2D eigenvalue weighted by molar-refractivity contribution is 0.424. The van der Waals surface area contributed by atoms with E-state index in [-0.39, 0.29) is 5.75 Å². The molecule has 0 atom stereocenters. The van der Waals surface area contributed by atoms with Crippen molar-refractivity contribution in [2.75, 3.05) is 0 Å². The second kappa shape index (κ2) is 2.94. The lowest BCUT2D eigenvalue weighted by atomic mass is 9.79. The van der Waals surface area contributed by atoms with Gasteiger partial charge in [-0.15, -0.1) is 0 Å². The van der Waals surface area contributed by atoms with Crippen LogP contribution in [-0.4, -0.2) is 22.3 Å². The Labute approximate surface area is 65.1 Å². The van der Waals surface area contributed by atoms with Gasteiger partial charge >= 0.3 is 7.12 Å². The number of phenols is 1. The Morgan fingerprint density at radius 3 is 2.27 bits per heavy atom. The highest BCUT2D eigenvalue weighted by molar-refractivity contribution is 6.58. The fourth-order valence-corrected chi connectivity index (χ4v) is 0.941. The van der Waals surface area contributed by atoms with Crippen LogP contribution < -0.4 is 5.46 Å². The summed E-state index contributed by atoms with van der Waals surface area (Å²) in [6, 6.07) is 4.47. The molecule has 1 aromatic carbocycles. The third kappa shape index (κ3) is 1.96. The maximum atomic E-state index is 9.02. The Hall–Kier alpha value is -0.995. The van der Waals surface area contributed by atoms with Crippen LogP contribution in [0.25, 0.3) is 0 Å². The van der Waals surface area contributed by atoms with Crippen molar-refractivity contribution in [1.29, 1.82) is 0 Å². The zero-order valence-electron chi connectivity index (χ0n) is 6.15. The van der Waals surface area contributed by atoms with Gasteiger partial charge in [-0.3, -0.25) is 0 Å². The second-order valence-corrected chi connectivity index (χ2v) is 2.48. The first-order chi connectivity index (χ1) is 5.09. The summed E-state index contributed by atoms with van der Waals surface area (Å²) in [6.07, 6.45) is 0. The van der Waals surface area contributed by atoms with E-state index in [9.17, 15) is 0 Å². The number of hydrogen-bond donors (Lipinski definition) is 3. The van der Waals surface area contributed by atoms with Crippen LogP contribution in [0.3, 0.4) is 0 Å². The van der Waals surface area contributed by atoms with Gasteiger partial charge in [0, 0.05) is 0 Å². The van der Waals surface area contributed by atoms with Crippen LogP contribution in [0.2, 0.25) is 0 Å². The maximum Gasteiger partial charge on any atom is 0.488 e. The molecule has 0 aromatic heterocycles. The molecule has 0 heterocycles. The van der Waals surface area contributed by atoms with Crippen LogP contribution >= 0.6 is 0 Å². The highest BCUT2D eigenvalue weighted by Gasteiger charge is 2.11. The first-order valence-electron chi connectivity index (χ1n) is 3.26. The van der Waals surface area contributed by atoms with Gasteiger partial charge in [0.25, 0.3) is 0 Å². The van der Waals surface area contributed by atoms with Gasteiger partial charge < -0.3 is 15.2 Å². The van der Waals surface area contributed by atoms with Crippen LogP contribution in [0.1, 0.15) is 5.56 Å². The third-order valence-electron chi connectivity index (χ3n) is 1.38. The lowest BCUT2D eigenvalue weighted by Gasteiger charge is -2.01. The van der Waals surface area contributed by atoms with Crippen LogP contribution in [0, 0.1) is 6.92 Å². The fourth-order valence-electron chi connectivity index (χ4n) is 0.941. The van der Waals surface area contributed by atoms with E-state index in [0.29, 0.717) is 5.46 Å². The van der Waals surface area contributed by atoms with Crippen LogP contribution in [0.5, 0.6) is 5.75 Å². The van der Waals surface area contributed by atoms with Crippen molar-refractivity contribution in [2.45, 2.75) is 6.92 Å². The van der Waals surface area contributed by atoms with Crippen LogP contribution in [-0.2, 0) is 0 Å². The van der Waals surface area contributed by atoms with Gasteiger partial charge in [0.2, 0.25) is 0 Å². The van der Waals surface area contributed by atoms with Gasteiger partial charge in [0.15, 0.2) is 0 Å². The Bertz CT molecular complexity index is 240. The predicted octanol–water partition coefficient (Wildman–Crippen LogP) is -0.620. The van der Waals surface area contributed by atoms with E-state index in [2.05, 4.69) is 0 Å². The minimum absolute atomic E-state index is 0.0492. The minimum atomic E-state index is -1.51. The summed E-state index contributed by atoms with van der Waals surface area (Å²) < 4.78 is 0. The molecule has 0 radical (unpaired) electrons. The first-order valence-corrected chi connectivity index (χ1v) is 3.26. The van der Waals surface area contributed by atoms with Gasteiger partial charge in [-0.25, -0.2) is 0 Å². The summed E-state index contributed by atoms with van der Waals surface area (Å²) in [5.74, 6) is 0.0492. The van der Waals surface area contributed by atoms with Gasteiger partial charge in [0.05, 0.1) is 0 Å². The van der Waals surface area contributed by atoms with Crippen molar-refractivity contribution >= 4 is 12.6 Å². The van der Waals surface area contributed by atoms with E-state index in [1.807, 2.05) is 0 Å². The fraction of sp³-hybridized carbons (Fsp3) is 0.143. The van der Waals surface area contributed by atoms with E-state index in [1.54, 1.807) is 19.1 Å². The summed E-state index contributed by atoms with van der Waals surface area (Å²) in [7, 11) is -1.51. The molecule has 0 aliphatic carbocycles. The van der Waals surface area contributed by atoms with Gasteiger partial charge in [0.1, 0.15) is 5.75 Å². The normalized spacial score (nSPS) is 9.73. The average molecular weight is 152 g/mol. The van der Waals surface area contributed by atoms with E-state index in [4.69, 9.17) is 15.2 Å². The summed E-state index contributed by atoms with van der Waals surface area (Å²) in [5.41, 5.74) is 1.11. The van der Waals surface area contributed by atoms with Crippen molar-refractivity contribution < 1.29 is 15.2 Å². The topological polar surface area (TPSA) is 60.7 Å². The molecule has 0 saturated carbocycles. The Morgan fingerprint density at radius 1 is 1.18 bits per heavy atom. The van der Waals surface area contributed by atoms with Gasteiger partial charge in [-0.2, -0.15) is 0 Å². The molecule has 0 spiro atoms. The molecule has 58 valence electrons. The number of benzene rings is 1. The molecule has 11 heavy (non-hydrogen) atoms. The SMILES string of the molecule is Cc1cc(O)cc(B(O)O)c1. The molecular formula is C7H9BO3. The van der Waals surface area contributed by atoms with E-state index in [0.717, 1.165) is 5.56 Å². The molecule has 1 rings (SSSR count). The summed E-state index contributed by atoms with van der Waals surface area (Å²) >= 11 is 0. The quantitative estimate of drug-likeness (QED) is 0.470. The standard InChI is InChI=1S/C7H9BO3/c1-5-2-6(8(10)11)4-7(9)3-5/h2-4,9-11H,1H3. The molecule has 4 heteroatoms. The Balaban J connectivity index is 3.08. The largest absolute Gasteiger partial charge is 0.508 e. The molecule has 1 aromatic rings. The number of aromatic hydroxyl groups is 1. The Kier molecular flexibility index (Phi) is 2.17. The zero-order valence-corrected chi connectivity index (χ0v) is 6.15. The van der Waals surface area contributed by atoms with Gasteiger partial charge in [-0.1, -0.05) is 6.07 Å². The van der Waals surface area contributed by atoms with Crippen molar-refractivity contribution in [3.8, 4) is 5.75 Å². The first kappa shape index (κ1) is 8.10. The molecular weight excluding hydrogens is 143 g/mol. The number of rotatable bonds is 1. The third-order valence-corrected chi connectivity index (χ3v) is 1.38. The average Bonchev–Trinajstić information content (AvgIpc) is 1.85. The van der Waals surface area contributed by atoms with E-state index >= 15 is 0 Å².